The van der Waals surface area contributed by atoms with Gasteiger partial charge in [-0.15, -0.1) is 0 Å². The van der Waals surface area contributed by atoms with Gasteiger partial charge in [-0.1, -0.05) is 0 Å². The number of aromatic nitrogens is 1. The van der Waals surface area contributed by atoms with Crippen LogP contribution >= 0.6 is 0 Å². The van der Waals surface area contributed by atoms with E-state index in [1.165, 1.54) is 6.92 Å². The number of aryl methyl sites for hydroxylation is 1. The van der Waals surface area contributed by atoms with E-state index in [2.05, 4.69) is 9.88 Å². The third-order valence-electron chi connectivity index (χ3n) is 4.86. The number of benzene rings is 1. The van der Waals surface area contributed by atoms with Crippen LogP contribution < -0.4 is 20.9 Å². The lowest BCUT2D eigenvalue weighted by molar-refractivity contribution is 0.0443. The summed E-state index contributed by atoms with van der Waals surface area (Å²) in [6, 6.07) is 1.82. The van der Waals surface area contributed by atoms with Crippen molar-refractivity contribution in [3.63, 3.8) is 0 Å². The van der Waals surface area contributed by atoms with Crippen molar-refractivity contribution >= 4 is 28.1 Å². The van der Waals surface area contributed by atoms with E-state index < -0.39 is 5.56 Å². The summed E-state index contributed by atoms with van der Waals surface area (Å²) in [7, 11) is 1.66. The van der Waals surface area contributed by atoms with Gasteiger partial charge >= 0.3 is 0 Å². The maximum Gasteiger partial charge on any atom is 0.261 e. The van der Waals surface area contributed by atoms with Crippen molar-refractivity contribution in [2.45, 2.75) is 26.0 Å². The van der Waals surface area contributed by atoms with Gasteiger partial charge in [-0.2, -0.15) is 0 Å². The minimum atomic E-state index is -0.444. The van der Waals surface area contributed by atoms with E-state index >= 15 is 0 Å². The SMILES string of the molecule is COC1COc2cc3c(N)c(C(C)=O)c(=O)[nH]c3c3c2N1CCC3. The lowest BCUT2D eigenvalue weighted by Crippen LogP contribution is -2.47. The lowest BCUT2D eigenvalue weighted by Gasteiger charge is -2.41. The molecule has 2 aromatic rings. The second-order valence-corrected chi connectivity index (χ2v) is 6.22. The topological polar surface area (TPSA) is 97.6 Å². The molecule has 7 nitrogen and oxygen atoms in total. The number of methoxy groups -OCH3 is 1. The summed E-state index contributed by atoms with van der Waals surface area (Å²) in [5, 5.41) is 0.659. The van der Waals surface area contributed by atoms with Crippen LogP contribution in [0.25, 0.3) is 10.9 Å². The van der Waals surface area contributed by atoms with E-state index in [-0.39, 0.29) is 23.3 Å². The number of carbonyl (C=O) groups excluding carboxylic acids is 1. The van der Waals surface area contributed by atoms with Crippen LogP contribution in [0.3, 0.4) is 0 Å². The zero-order valence-corrected chi connectivity index (χ0v) is 13.6. The molecule has 0 aliphatic carbocycles. The number of H-pyrrole nitrogens is 1. The van der Waals surface area contributed by atoms with Gasteiger partial charge in [0.25, 0.3) is 5.56 Å². The standard InChI is InChI=1S/C17H19N3O4/c1-8(21)13-14(18)10-6-11-16-9(15(10)19-17(13)22)4-3-5-20(16)12(23-2)7-24-11/h6,12H,3-5,7H2,1-2H3,(H3,18,19,22). The van der Waals surface area contributed by atoms with Crippen LogP contribution in [0, 0.1) is 0 Å². The molecule has 3 heterocycles. The second-order valence-electron chi connectivity index (χ2n) is 6.22. The summed E-state index contributed by atoms with van der Waals surface area (Å²) in [6.07, 6.45) is 1.61. The molecule has 1 atom stereocenters. The number of ketones is 1. The molecule has 0 saturated heterocycles. The zero-order valence-electron chi connectivity index (χ0n) is 13.6. The van der Waals surface area contributed by atoms with Gasteiger partial charge in [-0.25, -0.2) is 0 Å². The predicted molar refractivity (Wildman–Crippen MR) is 90.9 cm³/mol. The average Bonchev–Trinajstić information content (AvgIpc) is 2.56. The number of ether oxygens (including phenoxy) is 2. The van der Waals surface area contributed by atoms with Gasteiger partial charge in [0.2, 0.25) is 0 Å². The maximum atomic E-state index is 12.3. The van der Waals surface area contributed by atoms with Crippen LogP contribution in [0.15, 0.2) is 10.9 Å². The highest BCUT2D eigenvalue weighted by molar-refractivity contribution is 6.08. The molecule has 0 amide bonds. The lowest BCUT2D eigenvalue weighted by atomic mass is 9.94. The Labute approximate surface area is 138 Å². The highest BCUT2D eigenvalue weighted by Crippen LogP contribution is 2.45. The van der Waals surface area contributed by atoms with Crippen LogP contribution in [-0.2, 0) is 11.2 Å². The Kier molecular flexibility index (Phi) is 3.28. The molecule has 1 aromatic carbocycles. The highest BCUT2D eigenvalue weighted by atomic mass is 16.5. The third kappa shape index (κ3) is 1.94. The van der Waals surface area contributed by atoms with Gasteiger partial charge < -0.3 is 25.1 Å². The number of Topliss-reactive ketones (excluding diaryl/α,β-unsaturated/α-hetero) is 1. The first kappa shape index (κ1) is 15.0. The van der Waals surface area contributed by atoms with Gasteiger partial charge in [-0.05, 0) is 25.8 Å². The summed E-state index contributed by atoms with van der Waals surface area (Å²) in [6.45, 7) is 2.65. The van der Waals surface area contributed by atoms with E-state index in [0.29, 0.717) is 17.5 Å². The first-order valence-electron chi connectivity index (χ1n) is 7.97. The third-order valence-corrected chi connectivity index (χ3v) is 4.86. The first-order valence-corrected chi connectivity index (χ1v) is 7.97. The minimum Gasteiger partial charge on any atom is -0.487 e. The Bertz CT molecular complexity index is 918. The van der Waals surface area contributed by atoms with Crippen molar-refractivity contribution < 1.29 is 14.3 Å². The smallest absolute Gasteiger partial charge is 0.261 e. The van der Waals surface area contributed by atoms with Crippen molar-refractivity contribution in [2.24, 2.45) is 0 Å². The fourth-order valence-electron chi connectivity index (χ4n) is 3.78. The average molecular weight is 329 g/mol. The molecule has 3 N–H and O–H groups in total. The molecule has 7 heteroatoms. The Balaban J connectivity index is 2.07. The number of nitrogens with one attached hydrogen (secondary N) is 1. The number of anilines is 2. The summed E-state index contributed by atoms with van der Waals surface area (Å²) in [5.74, 6) is 0.378. The van der Waals surface area contributed by atoms with E-state index in [1.807, 2.05) is 6.07 Å². The van der Waals surface area contributed by atoms with Crippen LogP contribution in [-0.4, -0.2) is 37.3 Å². The zero-order chi connectivity index (χ0) is 17.0. The summed E-state index contributed by atoms with van der Waals surface area (Å²) < 4.78 is 11.4. The monoisotopic (exact) mass is 329 g/mol. The normalized spacial score (nSPS) is 19.1. The molecular weight excluding hydrogens is 310 g/mol. The van der Waals surface area contributed by atoms with E-state index in [0.717, 1.165) is 36.4 Å². The van der Waals surface area contributed by atoms with Crippen LogP contribution in [0.1, 0.15) is 29.3 Å². The quantitative estimate of drug-likeness (QED) is 0.809. The Hall–Kier alpha value is -2.54. The molecule has 1 unspecified atom stereocenters. The van der Waals surface area contributed by atoms with Crippen LogP contribution in [0.5, 0.6) is 5.75 Å². The highest BCUT2D eigenvalue weighted by Gasteiger charge is 2.34. The number of hydrogen-bond donors (Lipinski definition) is 2. The van der Waals surface area contributed by atoms with Crippen molar-refractivity contribution in [3.05, 3.63) is 27.5 Å². The van der Waals surface area contributed by atoms with Gasteiger partial charge in [-0.3, -0.25) is 9.59 Å². The fourth-order valence-corrected chi connectivity index (χ4v) is 3.78. The van der Waals surface area contributed by atoms with Crippen molar-refractivity contribution in [1.29, 1.82) is 0 Å². The molecule has 126 valence electrons. The molecule has 0 saturated carbocycles. The minimum absolute atomic E-state index is 0.00731. The first-order chi connectivity index (χ1) is 11.5. The van der Waals surface area contributed by atoms with Gasteiger partial charge in [0.15, 0.2) is 12.0 Å². The molecule has 0 radical (unpaired) electrons. The number of hydrogen-bond acceptors (Lipinski definition) is 6. The largest absolute Gasteiger partial charge is 0.487 e. The van der Waals surface area contributed by atoms with Crippen molar-refractivity contribution in [1.82, 2.24) is 4.98 Å². The molecular formula is C17H19N3O4. The molecule has 0 bridgehead atoms. The number of aromatic amines is 1. The molecule has 2 aliphatic heterocycles. The molecule has 0 spiro atoms. The Morgan fingerprint density at radius 3 is 3.00 bits per heavy atom. The molecule has 4 rings (SSSR count). The van der Waals surface area contributed by atoms with Crippen LogP contribution in [0.4, 0.5) is 11.4 Å². The molecule has 1 aromatic heterocycles. The number of nitrogen functional groups attached to an aromatic ring is 1. The van der Waals surface area contributed by atoms with E-state index in [1.54, 1.807) is 7.11 Å². The number of carbonyl (C=O) groups is 1. The number of nitrogens with two attached hydrogens (primary N) is 1. The maximum absolute atomic E-state index is 12.3. The Morgan fingerprint density at radius 2 is 2.29 bits per heavy atom. The summed E-state index contributed by atoms with van der Waals surface area (Å²) in [4.78, 5) is 29.1. The van der Waals surface area contributed by atoms with Crippen molar-refractivity contribution in [2.75, 3.05) is 30.9 Å². The Morgan fingerprint density at radius 1 is 1.50 bits per heavy atom. The van der Waals surface area contributed by atoms with E-state index in [9.17, 15) is 9.59 Å². The number of fused-ring (bicyclic) bond motifs is 2. The van der Waals surface area contributed by atoms with Gasteiger partial charge in [0, 0.05) is 24.6 Å². The molecule has 0 fully saturated rings. The van der Waals surface area contributed by atoms with Crippen LogP contribution in [0.2, 0.25) is 0 Å². The fraction of sp³-hybridized carbons (Fsp3) is 0.412. The number of pyridine rings is 1. The number of rotatable bonds is 2. The summed E-state index contributed by atoms with van der Waals surface area (Å²) in [5.41, 5.74) is 8.57. The summed E-state index contributed by atoms with van der Waals surface area (Å²) >= 11 is 0. The predicted octanol–water partition coefficient (Wildman–Crippen LogP) is 1.43. The number of nitrogens with zero attached hydrogens (tertiary/aromatic N) is 1. The molecule has 24 heavy (non-hydrogen) atoms. The second kappa shape index (κ2) is 5.24. The van der Waals surface area contributed by atoms with E-state index in [4.69, 9.17) is 15.2 Å². The van der Waals surface area contributed by atoms with Gasteiger partial charge in [0.05, 0.1) is 16.9 Å². The van der Waals surface area contributed by atoms with Gasteiger partial charge in [0.1, 0.15) is 17.9 Å². The van der Waals surface area contributed by atoms with Crippen molar-refractivity contribution in [3.8, 4) is 5.75 Å². The molecule has 2 aliphatic rings.